The molecular weight excluding hydrogens is 257 g/mol. The summed E-state index contributed by atoms with van der Waals surface area (Å²) in [6, 6.07) is 5.77. The number of para-hydroxylation sites is 1. The van der Waals surface area contributed by atoms with E-state index in [1.165, 1.54) is 18.2 Å². The van der Waals surface area contributed by atoms with Crippen molar-refractivity contribution in [3.63, 3.8) is 0 Å². The van der Waals surface area contributed by atoms with Crippen molar-refractivity contribution in [1.82, 2.24) is 0 Å². The Balaban J connectivity index is 2.13. The van der Waals surface area contributed by atoms with Gasteiger partial charge in [-0.05, 0) is 12.1 Å². The van der Waals surface area contributed by atoms with Gasteiger partial charge in [-0.2, -0.15) is 0 Å². The van der Waals surface area contributed by atoms with Crippen molar-refractivity contribution in [3.05, 3.63) is 30.1 Å². The first kappa shape index (κ1) is 14.2. The average molecular weight is 273 g/mol. The third-order valence-electron chi connectivity index (χ3n) is 3.06. The molecular formula is C12H16FNO5. The molecule has 2 rings (SSSR count). The molecule has 0 spiro atoms. The van der Waals surface area contributed by atoms with Crippen molar-refractivity contribution >= 4 is 5.69 Å². The van der Waals surface area contributed by atoms with Crippen LogP contribution in [0, 0.1) is 5.82 Å². The standard InChI is InChI=1S/C12H16FNO5/c13-6-3-1-2-4-7(6)14-12-11(18)10(17)9(16)8(5-15)19-12/h1-4,8-12,14-18H,5H2/t8-,9-,10+,11+,12-/m1/s1. The Bertz CT molecular complexity index is 430. The van der Waals surface area contributed by atoms with Gasteiger partial charge in [-0.15, -0.1) is 0 Å². The normalized spacial score (nSPS) is 35.1. The van der Waals surface area contributed by atoms with Gasteiger partial charge in [0.15, 0.2) is 6.23 Å². The summed E-state index contributed by atoms with van der Waals surface area (Å²) in [4.78, 5) is 0. The lowest BCUT2D eigenvalue weighted by molar-refractivity contribution is -0.221. The van der Waals surface area contributed by atoms with Crippen molar-refractivity contribution in [1.29, 1.82) is 0 Å². The van der Waals surface area contributed by atoms with Gasteiger partial charge in [-0.1, -0.05) is 12.1 Å². The number of ether oxygens (including phenoxy) is 1. The number of halogens is 1. The van der Waals surface area contributed by atoms with Gasteiger partial charge in [0.2, 0.25) is 0 Å². The second-order valence-electron chi connectivity index (χ2n) is 4.37. The summed E-state index contributed by atoms with van der Waals surface area (Å²) in [5, 5.41) is 40.6. The first-order valence-corrected chi connectivity index (χ1v) is 5.86. The predicted octanol–water partition coefficient (Wildman–Crippen LogP) is -0.963. The average Bonchev–Trinajstić information content (AvgIpc) is 2.41. The van der Waals surface area contributed by atoms with Gasteiger partial charge >= 0.3 is 0 Å². The fraction of sp³-hybridized carbons (Fsp3) is 0.500. The van der Waals surface area contributed by atoms with Crippen LogP contribution in [-0.2, 0) is 4.74 Å². The van der Waals surface area contributed by atoms with E-state index in [0.717, 1.165) is 0 Å². The Morgan fingerprint density at radius 3 is 2.42 bits per heavy atom. The summed E-state index contributed by atoms with van der Waals surface area (Å²) in [5.41, 5.74) is 0.0897. The van der Waals surface area contributed by atoms with Crippen LogP contribution in [0.15, 0.2) is 24.3 Å². The SMILES string of the molecule is OC[C@H]1O[C@@H](Nc2ccccc2F)[C@@H](O)[C@@H](O)[C@@H]1O. The van der Waals surface area contributed by atoms with Crippen LogP contribution in [0.1, 0.15) is 0 Å². The van der Waals surface area contributed by atoms with Gasteiger partial charge in [0, 0.05) is 0 Å². The van der Waals surface area contributed by atoms with Crippen molar-refractivity contribution in [3.8, 4) is 0 Å². The third kappa shape index (κ3) is 2.85. The van der Waals surface area contributed by atoms with Crippen LogP contribution in [0.25, 0.3) is 0 Å². The van der Waals surface area contributed by atoms with Crippen LogP contribution in [0.5, 0.6) is 0 Å². The molecule has 1 heterocycles. The highest BCUT2D eigenvalue weighted by atomic mass is 19.1. The third-order valence-corrected chi connectivity index (χ3v) is 3.06. The molecule has 0 saturated carbocycles. The van der Waals surface area contributed by atoms with E-state index in [-0.39, 0.29) is 5.69 Å². The van der Waals surface area contributed by atoms with Crippen LogP contribution in [0.4, 0.5) is 10.1 Å². The highest BCUT2D eigenvalue weighted by Gasteiger charge is 2.43. The van der Waals surface area contributed by atoms with E-state index in [9.17, 15) is 19.7 Å². The summed E-state index contributed by atoms with van der Waals surface area (Å²) in [7, 11) is 0. The molecule has 7 heteroatoms. The molecule has 1 saturated heterocycles. The molecule has 1 aromatic carbocycles. The molecule has 1 aliphatic heterocycles. The number of anilines is 1. The maximum Gasteiger partial charge on any atom is 0.157 e. The molecule has 0 unspecified atom stereocenters. The quantitative estimate of drug-likeness (QED) is 0.486. The van der Waals surface area contributed by atoms with Crippen molar-refractivity contribution < 1.29 is 29.6 Å². The highest BCUT2D eigenvalue weighted by Crippen LogP contribution is 2.23. The van der Waals surface area contributed by atoms with Crippen LogP contribution in [0.3, 0.4) is 0 Å². The van der Waals surface area contributed by atoms with E-state index in [0.29, 0.717) is 0 Å². The lowest BCUT2D eigenvalue weighted by Gasteiger charge is -2.40. The van der Waals surface area contributed by atoms with E-state index in [1.54, 1.807) is 6.07 Å². The Morgan fingerprint density at radius 1 is 1.11 bits per heavy atom. The summed E-state index contributed by atoms with van der Waals surface area (Å²) in [5.74, 6) is -0.542. The minimum absolute atomic E-state index is 0.0897. The van der Waals surface area contributed by atoms with Crippen LogP contribution in [-0.4, -0.2) is 57.7 Å². The number of hydrogen-bond donors (Lipinski definition) is 5. The zero-order valence-electron chi connectivity index (χ0n) is 9.98. The van der Waals surface area contributed by atoms with Crippen LogP contribution >= 0.6 is 0 Å². The summed E-state index contributed by atoms with van der Waals surface area (Å²) >= 11 is 0. The zero-order valence-corrected chi connectivity index (χ0v) is 9.98. The Hall–Kier alpha value is -1.25. The van der Waals surface area contributed by atoms with Gasteiger partial charge in [-0.25, -0.2) is 4.39 Å². The van der Waals surface area contributed by atoms with Crippen molar-refractivity contribution in [2.45, 2.75) is 30.6 Å². The molecule has 5 N–H and O–H groups in total. The molecule has 106 valence electrons. The number of aliphatic hydroxyl groups excluding tert-OH is 4. The fourth-order valence-corrected chi connectivity index (χ4v) is 1.95. The van der Waals surface area contributed by atoms with Crippen LogP contribution < -0.4 is 5.32 Å². The second-order valence-corrected chi connectivity index (χ2v) is 4.37. The maximum atomic E-state index is 13.5. The fourth-order valence-electron chi connectivity index (χ4n) is 1.95. The molecule has 1 aliphatic rings. The Kier molecular flexibility index (Phi) is 4.33. The van der Waals surface area contributed by atoms with Crippen LogP contribution in [0.2, 0.25) is 0 Å². The van der Waals surface area contributed by atoms with E-state index < -0.39 is 43.1 Å². The number of nitrogens with one attached hydrogen (secondary N) is 1. The highest BCUT2D eigenvalue weighted by molar-refractivity contribution is 5.45. The summed E-state index contributed by atoms with van der Waals surface area (Å²) in [6.07, 6.45) is -6.53. The lowest BCUT2D eigenvalue weighted by atomic mass is 9.98. The molecule has 0 bridgehead atoms. The molecule has 6 nitrogen and oxygen atoms in total. The molecule has 0 aromatic heterocycles. The number of aliphatic hydroxyl groups is 4. The topological polar surface area (TPSA) is 102 Å². The zero-order chi connectivity index (χ0) is 14.0. The summed E-state index contributed by atoms with van der Waals surface area (Å²) in [6.45, 7) is -0.527. The second kappa shape index (κ2) is 5.81. The molecule has 0 aliphatic carbocycles. The number of benzene rings is 1. The monoisotopic (exact) mass is 273 g/mol. The first-order chi connectivity index (χ1) is 9.04. The molecule has 5 atom stereocenters. The Labute approximate surface area is 109 Å². The smallest absolute Gasteiger partial charge is 0.157 e. The van der Waals surface area contributed by atoms with Crippen molar-refractivity contribution in [2.75, 3.05) is 11.9 Å². The van der Waals surface area contributed by atoms with Crippen molar-refractivity contribution in [2.24, 2.45) is 0 Å². The molecule has 0 radical (unpaired) electrons. The van der Waals surface area contributed by atoms with E-state index in [1.807, 2.05) is 0 Å². The molecule has 0 amide bonds. The van der Waals surface area contributed by atoms with Gasteiger partial charge in [-0.3, -0.25) is 0 Å². The van der Waals surface area contributed by atoms with E-state index >= 15 is 0 Å². The van der Waals surface area contributed by atoms with Gasteiger partial charge in [0.25, 0.3) is 0 Å². The maximum absolute atomic E-state index is 13.5. The number of hydrogen-bond acceptors (Lipinski definition) is 6. The Morgan fingerprint density at radius 2 is 1.79 bits per heavy atom. The van der Waals surface area contributed by atoms with Gasteiger partial charge in [0.05, 0.1) is 12.3 Å². The number of rotatable bonds is 3. The van der Waals surface area contributed by atoms with Gasteiger partial charge in [0.1, 0.15) is 30.2 Å². The molecule has 1 fully saturated rings. The minimum Gasteiger partial charge on any atom is -0.394 e. The molecule has 19 heavy (non-hydrogen) atoms. The minimum atomic E-state index is -1.49. The lowest BCUT2D eigenvalue weighted by Crippen LogP contribution is -2.60. The predicted molar refractivity (Wildman–Crippen MR) is 63.8 cm³/mol. The van der Waals surface area contributed by atoms with E-state index in [2.05, 4.69) is 5.32 Å². The van der Waals surface area contributed by atoms with E-state index in [4.69, 9.17) is 9.84 Å². The first-order valence-electron chi connectivity index (χ1n) is 5.86. The molecule has 1 aromatic rings. The summed E-state index contributed by atoms with van der Waals surface area (Å²) < 4.78 is 18.7. The largest absolute Gasteiger partial charge is 0.394 e. The van der Waals surface area contributed by atoms with Gasteiger partial charge < -0.3 is 30.5 Å².